The van der Waals surface area contributed by atoms with Gasteiger partial charge < -0.3 is 9.47 Å². The molecule has 0 atom stereocenters. The molecule has 0 N–H and O–H groups in total. The zero-order chi connectivity index (χ0) is 19.3. The van der Waals surface area contributed by atoms with E-state index in [1.807, 2.05) is 13.0 Å². The highest BCUT2D eigenvalue weighted by atomic mass is 16.5. The number of esters is 1. The van der Waals surface area contributed by atoms with E-state index in [0.29, 0.717) is 19.1 Å². The lowest BCUT2D eigenvalue weighted by atomic mass is 9.89. The molecule has 0 fully saturated rings. The molecule has 1 aliphatic heterocycles. The van der Waals surface area contributed by atoms with Gasteiger partial charge in [-0.25, -0.2) is 4.79 Å². The summed E-state index contributed by atoms with van der Waals surface area (Å²) < 4.78 is 11.0. The summed E-state index contributed by atoms with van der Waals surface area (Å²) in [6, 6.07) is 6.41. The Labute approximate surface area is 157 Å². The summed E-state index contributed by atoms with van der Waals surface area (Å²) in [5.74, 6) is 1.05. The molecule has 3 heteroatoms. The van der Waals surface area contributed by atoms with Crippen LogP contribution in [0.2, 0.25) is 0 Å². The average Bonchev–Trinajstić information content (AvgIpc) is 2.69. The minimum Gasteiger partial charge on any atom is -0.492 e. The number of fused-ring (bicyclic) bond motifs is 1. The van der Waals surface area contributed by atoms with E-state index in [4.69, 9.17) is 9.47 Å². The van der Waals surface area contributed by atoms with Crippen LogP contribution in [-0.2, 0) is 9.53 Å². The molecule has 0 bridgehead atoms. The van der Waals surface area contributed by atoms with Crippen molar-refractivity contribution in [2.45, 2.75) is 47.5 Å². The number of carbonyl (C=O) groups excluding carboxylic acids is 1. The van der Waals surface area contributed by atoms with E-state index in [9.17, 15) is 4.79 Å². The summed E-state index contributed by atoms with van der Waals surface area (Å²) in [6.45, 7) is 13.4. The maximum absolute atomic E-state index is 11.6. The number of hydrogen-bond donors (Lipinski definition) is 0. The topological polar surface area (TPSA) is 35.5 Å². The normalized spacial score (nSPS) is 16.7. The van der Waals surface area contributed by atoms with Gasteiger partial charge in [-0.3, -0.25) is 0 Å². The Balaban J connectivity index is 2.41. The Morgan fingerprint density at radius 2 is 2.08 bits per heavy atom. The van der Waals surface area contributed by atoms with E-state index in [1.165, 1.54) is 11.6 Å². The predicted molar refractivity (Wildman–Crippen MR) is 107 cm³/mol. The van der Waals surface area contributed by atoms with Crippen LogP contribution in [0.1, 0.15) is 58.6 Å². The molecule has 1 aromatic carbocycles. The van der Waals surface area contributed by atoms with Crippen molar-refractivity contribution in [2.24, 2.45) is 5.41 Å². The van der Waals surface area contributed by atoms with Crippen LogP contribution < -0.4 is 4.74 Å². The van der Waals surface area contributed by atoms with Crippen LogP contribution in [-0.4, -0.2) is 19.2 Å². The van der Waals surface area contributed by atoms with Gasteiger partial charge in [0.25, 0.3) is 0 Å². The van der Waals surface area contributed by atoms with Crippen molar-refractivity contribution in [3.8, 4) is 5.75 Å². The first kappa shape index (κ1) is 20.0. The molecule has 0 saturated heterocycles. The molecule has 0 amide bonds. The molecule has 26 heavy (non-hydrogen) atoms. The van der Waals surface area contributed by atoms with Gasteiger partial charge in [0.1, 0.15) is 5.75 Å². The summed E-state index contributed by atoms with van der Waals surface area (Å²) in [7, 11) is 0. The highest BCUT2D eigenvalue weighted by molar-refractivity contribution is 5.84. The summed E-state index contributed by atoms with van der Waals surface area (Å²) >= 11 is 0. The van der Waals surface area contributed by atoms with Crippen molar-refractivity contribution in [3.05, 3.63) is 59.2 Å². The van der Waals surface area contributed by atoms with Crippen LogP contribution in [0.15, 0.2) is 48.1 Å². The van der Waals surface area contributed by atoms with Crippen molar-refractivity contribution in [3.63, 3.8) is 0 Å². The summed E-state index contributed by atoms with van der Waals surface area (Å²) in [6.07, 6.45) is 7.78. The van der Waals surface area contributed by atoms with E-state index in [2.05, 4.69) is 58.0 Å². The number of ether oxygens (including phenoxy) is 2. The lowest BCUT2D eigenvalue weighted by Gasteiger charge is -2.18. The van der Waals surface area contributed by atoms with Gasteiger partial charge >= 0.3 is 5.97 Å². The number of allylic oxidation sites excluding steroid dienone is 4. The second-order valence-electron chi connectivity index (χ2n) is 7.76. The van der Waals surface area contributed by atoms with Gasteiger partial charge in [-0.15, -0.1) is 0 Å². The van der Waals surface area contributed by atoms with Crippen molar-refractivity contribution in [2.75, 3.05) is 13.2 Å². The number of carbonyl (C=O) groups is 1. The Kier molecular flexibility index (Phi) is 6.47. The maximum atomic E-state index is 11.6. The third-order valence-electron chi connectivity index (χ3n) is 4.29. The van der Waals surface area contributed by atoms with Gasteiger partial charge in [-0.05, 0) is 48.6 Å². The molecule has 140 valence electrons. The van der Waals surface area contributed by atoms with Crippen LogP contribution in [0.4, 0.5) is 0 Å². The van der Waals surface area contributed by atoms with Crippen molar-refractivity contribution in [1.82, 2.24) is 0 Å². The molecule has 0 saturated carbocycles. The Hall–Kier alpha value is -2.29. The minimum absolute atomic E-state index is 0.0740. The quantitative estimate of drug-likeness (QED) is 0.388. The van der Waals surface area contributed by atoms with E-state index in [-0.39, 0.29) is 11.4 Å². The van der Waals surface area contributed by atoms with Gasteiger partial charge in [0.05, 0.1) is 13.2 Å². The van der Waals surface area contributed by atoms with E-state index in [1.54, 1.807) is 6.92 Å². The molecule has 1 aromatic rings. The Morgan fingerprint density at radius 3 is 2.73 bits per heavy atom. The molecule has 0 spiro atoms. The fourth-order valence-corrected chi connectivity index (χ4v) is 2.84. The van der Waals surface area contributed by atoms with Crippen molar-refractivity contribution >= 4 is 11.5 Å². The highest BCUT2D eigenvalue weighted by Crippen LogP contribution is 2.37. The third kappa shape index (κ3) is 5.35. The second kappa shape index (κ2) is 8.39. The third-order valence-corrected chi connectivity index (χ3v) is 4.29. The van der Waals surface area contributed by atoms with E-state index in [0.717, 1.165) is 22.5 Å². The first-order chi connectivity index (χ1) is 12.2. The lowest BCUT2D eigenvalue weighted by Crippen LogP contribution is -2.17. The van der Waals surface area contributed by atoms with Gasteiger partial charge in [-0.2, -0.15) is 0 Å². The standard InChI is InChI=1S/C23H30O3/c1-7-25-22(24)12-17(4)8-9-19-14-23(5,6)15-26-21-11-10-18(16(2)3)13-20(19)21/h8-14,16H,7,15H2,1-6H3. The van der Waals surface area contributed by atoms with Crippen LogP contribution >= 0.6 is 0 Å². The zero-order valence-electron chi connectivity index (χ0n) is 16.8. The fourth-order valence-electron chi connectivity index (χ4n) is 2.84. The second-order valence-corrected chi connectivity index (χ2v) is 7.76. The van der Waals surface area contributed by atoms with Gasteiger partial charge in [0.2, 0.25) is 0 Å². The minimum atomic E-state index is -0.310. The van der Waals surface area contributed by atoms with Crippen LogP contribution in [0, 0.1) is 5.41 Å². The molecular weight excluding hydrogens is 324 g/mol. The summed E-state index contributed by atoms with van der Waals surface area (Å²) in [5, 5.41) is 0. The monoisotopic (exact) mass is 354 g/mol. The number of rotatable bonds is 5. The highest BCUT2D eigenvalue weighted by Gasteiger charge is 2.23. The number of benzene rings is 1. The van der Waals surface area contributed by atoms with Crippen LogP contribution in [0.5, 0.6) is 5.75 Å². The SMILES string of the molecule is CCOC(=O)C=C(C)C=CC1=CC(C)(C)COc2ccc(C(C)C)cc21. The van der Waals surface area contributed by atoms with Crippen molar-refractivity contribution < 1.29 is 14.3 Å². The molecule has 1 heterocycles. The molecule has 0 aliphatic carbocycles. The first-order valence-corrected chi connectivity index (χ1v) is 9.25. The largest absolute Gasteiger partial charge is 0.492 e. The predicted octanol–water partition coefficient (Wildman–Crippen LogP) is 5.68. The molecule has 0 unspecified atom stereocenters. The maximum Gasteiger partial charge on any atom is 0.330 e. The van der Waals surface area contributed by atoms with Gasteiger partial charge in [0.15, 0.2) is 0 Å². The summed E-state index contributed by atoms with van der Waals surface area (Å²) in [4.78, 5) is 11.6. The molecule has 1 aliphatic rings. The lowest BCUT2D eigenvalue weighted by molar-refractivity contribution is -0.137. The molecule has 0 aromatic heterocycles. The molecule has 2 rings (SSSR count). The average molecular weight is 354 g/mol. The zero-order valence-corrected chi connectivity index (χ0v) is 16.8. The molecule has 3 nitrogen and oxygen atoms in total. The van der Waals surface area contributed by atoms with Gasteiger partial charge in [-0.1, -0.05) is 52.0 Å². The van der Waals surface area contributed by atoms with Crippen molar-refractivity contribution in [1.29, 1.82) is 0 Å². The summed E-state index contributed by atoms with van der Waals surface area (Å²) in [5.41, 5.74) is 4.28. The van der Waals surface area contributed by atoms with E-state index < -0.39 is 0 Å². The Bertz CT molecular complexity index is 749. The first-order valence-electron chi connectivity index (χ1n) is 9.25. The number of hydrogen-bond acceptors (Lipinski definition) is 3. The van der Waals surface area contributed by atoms with Crippen LogP contribution in [0.25, 0.3) is 5.57 Å². The smallest absolute Gasteiger partial charge is 0.330 e. The molecular formula is C23H30O3. The van der Waals surface area contributed by atoms with Crippen LogP contribution in [0.3, 0.4) is 0 Å². The van der Waals surface area contributed by atoms with E-state index >= 15 is 0 Å². The fraction of sp³-hybridized carbons (Fsp3) is 0.435. The molecule has 0 radical (unpaired) electrons. The Morgan fingerprint density at radius 1 is 1.35 bits per heavy atom. The van der Waals surface area contributed by atoms with Gasteiger partial charge in [0, 0.05) is 17.1 Å².